The fourth-order valence-electron chi connectivity index (χ4n) is 1.17. The van der Waals surface area contributed by atoms with Crippen LogP contribution in [0.25, 0.3) is 0 Å². The lowest BCUT2D eigenvalue weighted by Crippen LogP contribution is -2.34. The van der Waals surface area contributed by atoms with E-state index in [2.05, 4.69) is 9.71 Å². The van der Waals surface area contributed by atoms with Gasteiger partial charge in [0, 0.05) is 18.4 Å². The van der Waals surface area contributed by atoms with Gasteiger partial charge in [-0.15, -0.1) is 0 Å². The van der Waals surface area contributed by atoms with Crippen LogP contribution in [0, 0.1) is 11.3 Å². The van der Waals surface area contributed by atoms with Crippen LogP contribution < -0.4 is 4.72 Å². The Balaban J connectivity index is 2.84. The summed E-state index contributed by atoms with van der Waals surface area (Å²) in [5, 5.41) is 8.54. The van der Waals surface area contributed by atoms with E-state index in [0.717, 1.165) is 0 Å². The molecule has 86 valence electrons. The number of nitrogens with one attached hydrogen (secondary N) is 1. The lowest BCUT2D eigenvalue weighted by Gasteiger charge is -2.13. The molecule has 6 heteroatoms. The molecule has 1 unspecified atom stereocenters. The fourth-order valence-corrected chi connectivity index (χ4v) is 2.46. The van der Waals surface area contributed by atoms with Crippen LogP contribution in [0.4, 0.5) is 0 Å². The summed E-state index contributed by atoms with van der Waals surface area (Å²) in [4.78, 5) is 3.86. The molecule has 1 atom stereocenters. The molecule has 0 saturated heterocycles. The van der Waals surface area contributed by atoms with Crippen molar-refractivity contribution in [2.75, 3.05) is 0 Å². The SMILES string of the molecule is CCC(CC#N)NS(=O)(=O)c1cccnc1. The second kappa shape index (κ2) is 5.58. The molecule has 0 bridgehead atoms. The van der Waals surface area contributed by atoms with Crippen LogP contribution in [-0.4, -0.2) is 19.4 Å². The zero-order chi connectivity index (χ0) is 12.0. The van der Waals surface area contributed by atoms with E-state index < -0.39 is 10.0 Å². The van der Waals surface area contributed by atoms with Crippen LogP contribution in [0.2, 0.25) is 0 Å². The average molecular weight is 239 g/mol. The number of sulfonamides is 1. The third kappa shape index (κ3) is 3.29. The second-order valence-corrected chi connectivity index (χ2v) is 4.99. The quantitative estimate of drug-likeness (QED) is 0.832. The molecule has 0 fully saturated rings. The van der Waals surface area contributed by atoms with Crippen molar-refractivity contribution in [3.8, 4) is 6.07 Å². The van der Waals surface area contributed by atoms with Gasteiger partial charge in [0.05, 0.1) is 12.5 Å². The Morgan fingerprint density at radius 1 is 1.62 bits per heavy atom. The minimum Gasteiger partial charge on any atom is -0.263 e. The van der Waals surface area contributed by atoms with Gasteiger partial charge in [-0.25, -0.2) is 13.1 Å². The van der Waals surface area contributed by atoms with E-state index in [1.807, 2.05) is 13.0 Å². The van der Waals surface area contributed by atoms with Gasteiger partial charge in [-0.2, -0.15) is 5.26 Å². The number of hydrogen-bond donors (Lipinski definition) is 1. The Kier molecular flexibility index (Phi) is 4.40. The Hall–Kier alpha value is -1.45. The highest BCUT2D eigenvalue weighted by atomic mass is 32.2. The summed E-state index contributed by atoms with van der Waals surface area (Å²) in [5.74, 6) is 0. The first-order valence-electron chi connectivity index (χ1n) is 4.89. The highest BCUT2D eigenvalue weighted by Crippen LogP contribution is 2.08. The molecule has 0 radical (unpaired) electrons. The summed E-state index contributed by atoms with van der Waals surface area (Å²) >= 11 is 0. The molecule has 1 aromatic rings. The van der Waals surface area contributed by atoms with Crippen LogP contribution in [0.1, 0.15) is 19.8 Å². The molecule has 0 amide bonds. The molecule has 1 N–H and O–H groups in total. The van der Waals surface area contributed by atoms with Gasteiger partial charge >= 0.3 is 0 Å². The van der Waals surface area contributed by atoms with Crippen molar-refractivity contribution in [1.29, 1.82) is 5.26 Å². The van der Waals surface area contributed by atoms with Crippen molar-refractivity contribution < 1.29 is 8.42 Å². The Bertz CT molecular complexity index is 465. The molecular weight excluding hydrogens is 226 g/mol. The number of pyridine rings is 1. The van der Waals surface area contributed by atoms with Gasteiger partial charge in [0.2, 0.25) is 10.0 Å². The van der Waals surface area contributed by atoms with E-state index in [9.17, 15) is 8.42 Å². The molecule has 0 aliphatic rings. The average Bonchev–Trinajstić information content (AvgIpc) is 2.29. The number of nitriles is 1. The van der Waals surface area contributed by atoms with Crippen molar-refractivity contribution in [3.05, 3.63) is 24.5 Å². The number of rotatable bonds is 5. The molecular formula is C10H13N3O2S. The minimum absolute atomic E-state index is 0.117. The van der Waals surface area contributed by atoms with Gasteiger partial charge in [0.25, 0.3) is 0 Å². The molecule has 5 nitrogen and oxygen atoms in total. The fraction of sp³-hybridized carbons (Fsp3) is 0.400. The number of nitrogens with zero attached hydrogens (tertiary/aromatic N) is 2. The lowest BCUT2D eigenvalue weighted by atomic mass is 10.2. The first-order chi connectivity index (χ1) is 7.60. The molecule has 0 aromatic carbocycles. The maximum Gasteiger partial charge on any atom is 0.242 e. The highest BCUT2D eigenvalue weighted by molar-refractivity contribution is 7.89. The molecule has 16 heavy (non-hydrogen) atoms. The maximum absolute atomic E-state index is 11.8. The summed E-state index contributed by atoms with van der Waals surface area (Å²) in [6.07, 6.45) is 3.52. The Morgan fingerprint density at radius 3 is 2.88 bits per heavy atom. The maximum atomic E-state index is 11.8. The van der Waals surface area contributed by atoms with E-state index in [-0.39, 0.29) is 17.4 Å². The first kappa shape index (κ1) is 12.6. The summed E-state index contributed by atoms with van der Waals surface area (Å²) < 4.78 is 26.1. The molecule has 0 aliphatic carbocycles. The van der Waals surface area contributed by atoms with Crippen molar-refractivity contribution in [2.24, 2.45) is 0 Å². The first-order valence-corrected chi connectivity index (χ1v) is 6.37. The molecule has 0 spiro atoms. The minimum atomic E-state index is -3.56. The monoisotopic (exact) mass is 239 g/mol. The smallest absolute Gasteiger partial charge is 0.242 e. The molecule has 1 rings (SSSR count). The largest absolute Gasteiger partial charge is 0.263 e. The molecule has 0 aliphatic heterocycles. The van der Waals surface area contributed by atoms with Gasteiger partial charge in [-0.05, 0) is 18.6 Å². The Labute approximate surface area is 95.2 Å². The van der Waals surface area contributed by atoms with Crippen LogP contribution in [0.3, 0.4) is 0 Å². The number of aromatic nitrogens is 1. The van der Waals surface area contributed by atoms with Gasteiger partial charge in [-0.3, -0.25) is 4.98 Å². The van der Waals surface area contributed by atoms with Crippen LogP contribution in [0.15, 0.2) is 29.4 Å². The molecule has 1 heterocycles. The molecule has 1 aromatic heterocycles. The normalized spacial score (nSPS) is 13.0. The summed E-state index contributed by atoms with van der Waals surface area (Å²) in [6.45, 7) is 1.83. The van der Waals surface area contributed by atoms with Crippen molar-refractivity contribution in [3.63, 3.8) is 0 Å². The standard InChI is InChI=1S/C10H13N3O2S/c1-2-9(5-6-11)13-16(14,15)10-4-3-7-12-8-10/h3-4,7-9,13H,2,5H2,1H3. The van der Waals surface area contributed by atoms with E-state index in [1.165, 1.54) is 18.5 Å². The van der Waals surface area contributed by atoms with E-state index in [4.69, 9.17) is 5.26 Å². The predicted octanol–water partition coefficient (Wildman–Crippen LogP) is 1.05. The highest BCUT2D eigenvalue weighted by Gasteiger charge is 2.18. The summed E-state index contributed by atoms with van der Waals surface area (Å²) in [5.41, 5.74) is 0. The van der Waals surface area contributed by atoms with E-state index in [1.54, 1.807) is 6.07 Å². The van der Waals surface area contributed by atoms with E-state index >= 15 is 0 Å². The predicted molar refractivity (Wildman–Crippen MR) is 58.9 cm³/mol. The zero-order valence-corrected chi connectivity index (χ0v) is 9.74. The molecule has 0 saturated carbocycles. The number of hydrogen-bond acceptors (Lipinski definition) is 4. The van der Waals surface area contributed by atoms with Gasteiger partial charge in [-0.1, -0.05) is 6.92 Å². The van der Waals surface area contributed by atoms with Gasteiger partial charge < -0.3 is 0 Å². The van der Waals surface area contributed by atoms with Gasteiger partial charge in [0.15, 0.2) is 0 Å². The lowest BCUT2D eigenvalue weighted by molar-refractivity contribution is 0.543. The van der Waals surface area contributed by atoms with Gasteiger partial charge in [0.1, 0.15) is 4.90 Å². The summed E-state index contributed by atoms with van der Waals surface area (Å²) in [6, 6.07) is 4.62. The van der Waals surface area contributed by atoms with Crippen molar-refractivity contribution in [1.82, 2.24) is 9.71 Å². The Morgan fingerprint density at radius 2 is 2.38 bits per heavy atom. The summed E-state index contributed by atoms with van der Waals surface area (Å²) in [7, 11) is -3.56. The van der Waals surface area contributed by atoms with Crippen LogP contribution in [0.5, 0.6) is 0 Å². The third-order valence-electron chi connectivity index (χ3n) is 2.10. The second-order valence-electron chi connectivity index (χ2n) is 3.28. The van der Waals surface area contributed by atoms with Crippen LogP contribution >= 0.6 is 0 Å². The third-order valence-corrected chi connectivity index (χ3v) is 3.60. The van der Waals surface area contributed by atoms with E-state index in [0.29, 0.717) is 6.42 Å². The topological polar surface area (TPSA) is 82.9 Å². The van der Waals surface area contributed by atoms with Crippen LogP contribution in [-0.2, 0) is 10.0 Å². The van der Waals surface area contributed by atoms with Crippen molar-refractivity contribution >= 4 is 10.0 Å². The zero-order valence-electron chi connectivity index (χ0n) is 8.92. The van der Waals surface area contributed by atoms with Crippen molar-refractivity contribution in [2.45, 2.75) is 30.7 Å².